The number of anilines is 1. The van der Waals surface area contributed by atoms with Crippen molar-refractivity contribution in [3.8, 4) is 0 Å². The van der Waals surface area contributed by atoms with E-state index in [0.29, 0.717) is 22.7 Å². The van der Waals surface area contributed by atoms with Gasteiger partial charge in [0.2, 0.25) is 5.91 Å². The molecule has 6 nitrogen and oxygen atoms in total. The molecule has 3 N–H and O–H groups in total. The maximum absolute atomic E-state index is 11.3. The molecule has 7 heteroatoms. The van der Waals surface area contributed by atoms with Crippen LogP contribution >= 0.6 is 11.6 Å². The largest absolute Gasteiger partial charge is 0.467 e. The minimum atomic E-state index is -0.479. The Hall–Kier alpha value is -1.63. The highest BCUT2D eigenvalue weighted by molar-refractivity contribution is 6.32. The molecule has 1 amide bonds. The van der Waals surface area contributed by atoms with Crippen molar-refractivity contribution in [3.05, 3.63) is 28.3 Å². The highest BCUT2D eigenvalue weighted by atomic mass is 35.5. The van der Waals surface area contributed by atoms with Crippen LogP contribution in [0.2, 0.25) is 5.02 Å². The second-order valence-corrected chi connectivity index (χ2v) is 4.86. The summed E-state index contributed by atoms with van der Waals surface area (Å²) >= 11 is 6.14. The fraction of sp³-hybridized carbons (Fsp3) is 0.385. The third-order valence-electron chi connectivity index (χ3n) is 2.99. The van der Waals surface area contributed by atoms with E-state index in [2.05, 4.69) is 10.1 Å². The lowest BCUT2D eigenvalue weighted by atomic mass is 10.0. The number of esters is 1. The van der Waals surface area contributed by atoms with Gasteiger partial charge in [-0.3, -0.25) is 4.79 Å². The third kappa shape index (κ3) is 3.27. The predicted molar refractivity (Wildman–Crippen MR) is 73.5 cm³/mol. The van der Waals surface area contributed by atoms with Gasteiger partial charge in [-0.05, 0) is 17.2 Å². The minimum Gasteiger partial charge on any atom is -0.467 e. The molecule has 0 radical (unpaired) electrons. The monoisotopic (exact) mass is 298 g/mol. The molecule has 1 atom stereocenters. The first-order valence-corrected chi connectivity index (χ1v) is 6.41. The number of carbonyl (C=O) groups is 2. The summed E-state index contributed by atoms with van der Waals surface area (Å²) in [5.74, 6) is -0.532. The smallest absolute Gasteiger partial charge is 0.331 e. The summed E-state index contributed by atoms with van der Waals surface area (Å²) in [6.07, 6.45) is 0.315. The number of rotatable bonds is 5. The summed E-state index contributed by atoms with van der Waals surface area (Å²) in [6, 6.07) is 2.99. The molecule has 1 aromatic rings. The lowest BCUT2D eigenvalue weighted by molar-refractivity contribution is -0.146. The van der Waals surface area contributed by atoms with Gasteiger partial charge in [0, 0.05) is 10.7 Å². The molecule has 1 aromatic carbocycles. The molecule has 0 bridgehead atoms. The van der Waals surface area contributed by atoms with E-state index in [0.717, 1.165) is 5.56 Å². The zero-order chi connectivity index (χ0) is 14.7. The van der Waals surface area contributed by atoms with Crippen LogP contribution in [0.3, 0.4) is 0 Å². The second kappa shape index (κ2) is 6.21. The molecule has 0 spiro atoms. The van der Waals surface area contributed by atoms with Crippen molar-refractivity contribution >= 4 is 29.2 Å². The molecule has 0 saturated heterocycles. The first-order valence-electron chi connectivity index (χ1n) is 6.03. The summed E-state index contributed by atoms with van der Waals surface area (Å²) in [6.45, 7) is -0.0260. The van der Waals surface area contributed by atoms with E-state index in [1.54, 1.807) is 12.1 Å². The van der Waals surface area contributed by atoms with Crippen molar-refractivity contribution in [1.29, 1.82) is 0 Å². The number of carbonyl (C=O) groups excluding carboxylic acids is 2. The van der Waals surface area contributed by atoms with E-state index in [4.69, 9.17) is 22.1 Å². The van der Waals surface area contributed by atoms with Gasteiger partial charge in [-0.15, -0.1) is 0 Å². The van der Waals surface area contributed by atoms with Crippen LogP contribution < -0.4 is 11.1 Å². The number of methoxy groups -OCH3 is 1. The Bertz CT molecular complexity index is 547. The highest BCUT2D eigenvalue weighted by Crippen LogP contribution is 2.32. The molecular formula is C13H15ClN2O4. The molecule has 20 heavy (non-hydrogen) atoms. The Labute approximate surface area is 121 Å². The first-order chi connectivity index (χ1) is 9.51. The molecule has 0 aromatic heterocycles. The SMILES string of the molecule is COC(=O)COCC(N)c1cc2c(cc1Cl)NC(=O)C2. The van der Waals surface area contributed by atoms with Crippen LogP contribution in [0.5, 0.6) is 0 Å². The molecule has 1 unspecified atom stereocenters. The average Bonchev–Trinajstić information content (AvgIpc) is 2.76. The molecular weight excluding hydrogens is 284 g/mol. The molecule has 0 saturated carbocycles. The standard InChI is InChI=1S/C13H15ClN2O4/c1-19-13(18)6-20-5-10(15)8-2-7-3-12(17)16-11(7)4-9(8)14/h2,4,10H,3,5-6,15H2,1H3,(H,16,17). The van der Waals surface area contributed by atoms with Gasteiger partial charge in [0.25, 0.3) is 0 Å². The van der Waals surface area contributed by atoms with Crippen LogP contribution in [0.4, 0.5) is 5.69 Å². The summed E-state index contributed by atoms with van der Waals surface area (Å²) in [7, 11) is 1.28. The minimum absolute atomic E-state index is 0.0660. The normalized spacial score (nSPS) is 14.7. The Morgan fingerprint density at radius 1 is 1.55 bits per heavy atom. The van der Waals surface area contributed by atoms with Crippen LogP contribution in [-0.2, 0) is 25.5 Å². The Morgan fingerprint density at radius 3 is 3.00 bits per heavy atom. The summed E-state index contributed by atoms with van der Waals surface area (Å²) in [4.78, 5) is 22.2. The zero-order valence-corrected chi connectivity index (χ0v) is 11.7. The third-order valence-corrected chi connectivity index (χ3v) is 3.32. The van der Waals surface area contributed by atoms with Gasteiger partial charge in [-0.1, -0.05) is 17.7 Å². The van der Waals surface area contributed by atoms with E-state index < -0.39 is 12.0 Å². The zero-order valence-electron chi connectivity index (χ0n) is 10.9. The van der Waals surface area contributed by atoms with Crippen LogP contribution in [0.15, 0.2) is 12.1 Å². The van der Waals surface area contributed by atoms with E-state index in [1.165, 1.54) is 7.11 Å². The number of amides is 1. The fourth-order valence-corrected chi connectivity index (χ4v) is 2.27. The van der Waals surface area contributed by atoms with Gasteiger partial charge in [0.15, 0.2) is 0 Å². The second-order valence-electron chi connectivity index (χ2n) is 4.45. The summed E-state index contributed by atoms with van der Waals surface area (Å²) in [5, 5.41) is 3.17. The predicted octanol–water partition coefficient (Wildman–Crippen LogP) is 1.02. The van der Waals surface area contributed by atoms with Crippen LogP contribution in [-0.4, -0.2) is 32.2 Å². The Balaban J connectivity index is 2.03. The quantitative estimate of drug-likeness (QED) is 0.792. The maximum Gasteiger partial charge on any atom is 0.331 e. The Morgan fingerprint density at radius 2 is 2.30 bits per heavy atom. The van der Waals surface area contributed by atoms with Gasteiger partial charge in [-0.25, -0.2) is 4.79 Å². The number of hydrogen-bond donors (Lipinski definition) is 2. The van der Waals surface area contributed by atoms with Gasteiger partial charge in [0.1, 0.15) is 6.61 Å². The van der Waals surface area contributed by atoms with Gasteiger partial charge < -0.3 is 20.5 Å². The number of hydrogen-bond acceptors (Lipinski definition) is 5. The van der Waals surface area contributed by atoms with Crippen LogP contribution in [0.25, 0.3) is 0 Å². The molecule has 2 rings (SSSR count). The number of nitrogens with one attached hydrogen (secondary N) is 1. The maximum atomic E-state index is 11.3. The van der Waals surface area contributed by atoms with Crippen molar-refractivity contribution in [2.24, 2.45) is 5.73 Å². The molecule has 108 valence electrons. The van der Waals surface area contributed by atoms with Crippen molar-refractivity contribution in [2.75, 3.05) is 25.6 Å². The lowest BCUT2D eigenvalue weighted by Crippen LogP contribution is -2.20. The molecule has 1 aliphatic rings. The van der Waals surface area contributed by atoms with Crippen molar-refractivity contribution in [1.82, 2.24) is 0 Å². The molecule has 1 heterocycles. The number of fused-ring (bicyclic) bond motifs is 1. The van der Waals surface area contributed by atoms with E-state index in [9.17, 15) is 9.59 Å². The highest BCUT2D eigenvalue weighted by Gasteiger charge is 2.21. The van der Waals surface area contributed by atoms with Gasteiger partial charge in [0.05, 0.1) is 26.2 Å². The molecule has 0 fully saturated rings. The average molecular weight is 299 g/mol. The molecule has 1 aliphatic heterocycles. The van der Waals surface area contributed by atoms with E-state index in [-0.39, 0.29) is 19.1 Å². The molecule has 0 aliphatic carbocycles. The topological polar surface area (TPSA) is 90.7 Å². The summed E-state index contributed by atoms with van der Waals surface area (Å²) < 4.78 is 9.61. The first kappa shape index (κ1) is 14.8. The lowest BCUT2D eigenvalue weighted by Gasteiger charge is -2.15. The van der Waals surface area contributed by atoms with Gasteiger partial charge in [-0.2, -0.15) is 0 Å². The Kier molecular flexibility index (Phi) is 4.59. The van der Waals surface area contributed by atoms with Crippen LogP contribution in [0, 0.1) is 0 Å². The number of benzene rings is 1. The fourth-order valence-electron chi connectivity index (χ4n) is 1.97. The van der Waals surface area contributed by atoms with Gasteiger partial charge >= 0.3 is 5.97 Å². The number of halogens is 1. The van der Waals surface area contributed by atoms with E-state index >= 15 is 0 Å². The van der Waals surface area contributed by atoms with Crippen LogP contribution in [0.1, 0.15) is 17.2 Å². The van der Waals surface area contributed by atoms with Crippen molar-refractivity contribution in [3.63, 3.8) is 0 Å². The number of ether oxygens (including phenoxy) is 2. The summed E-state index contributed by atoms with van der Waals surface area (Å²) in [5.41, 5.74) is 8.25. The van der Waals surface area contributed by atoms with Crippen molar-refractivity contribution < 1.29 is 19.1 Å². The van der Waals surface area contributed by atoms with Crippen molar-refractivity contribution in [2.45, 2.75) is 12.5 Å². The van der Waals surface area contributed by atoms with E-state index in [1.807, 2.05) is 0 Å². The number of nitrogens with two attached hydrogens (primary N) is 1.